The molecule has 0 aliphatic rings. The molecule has 0 amide bonds. The molecule has 0 heterocycles. The third-order valence-electron chi connectivity index (χ3n) is 5.07. The molecule has 0 saturated carbocycles. The van der Waals surface area contributed by atoms with Crippen LogP contribution in [0.25, 0.3) is 0 Å². The smallest absolute Gasteiger partial charge is 0.0921 e. The van der Waals surface area contributed by atoms with Crippen LogP contribution < -0.4 is 5.73 Å². The number of hydrogen-bond donors (Lipinski definition) is 3. The number of hydrogen-bond acceptors (Lipinski definition) is 3. The van der Waals surface area contributed by atoms with Crippen LogP contribution >= 0.6 is 0 Å². The van der Waals surface area contributed by atoms with E-state index in [1.165, 1.54) is 96.3 Å². The van der Waals surface area contributed by atoms with Crippen LogP contribution in [-0.2, 0) is 0 Å². The van der Waals surface area contributed by atoms with Gasteiger partial charge in [-0.1, -0.05) is 110 Å². The first-order valence-electron chi connectivity index (χ1n) is 10.8. The van der Waals surface area contributed by atoms with Gasteiger partial charge in [0.2, 0.25) is 0 Å². The minimum absolute atomic E-state index is 0.222. The Balaban J connectivity index is 3.08. The Bertz CT molecular complexity index is 236. The van der Waals surface area contributed by atoms with E-state index in [1.807, 2.05) is 0 Å². The topological polar surface area (TPSA) is 66.5 Å². The minimum Gasteiger partial charge on any atom is -0.394 e. The molecule has 0 aromatic rings. The maximum atomic E-state index is 9.38. The highest BCUT2D eigenvalue weighted by Gasteiger charge is 2.12. The van der Waals surface area contributed by atoms with E-state index in [2.05, 4.69) is 6.92 Å². The van der Waals surface area contributed by atoms with Gasteiger partial charge in [-0.05, 0) is 6.42 Å². The summed E-state index contributed by atoms with van der Waals surface area (Å²) in [5, 5.41) is 18.2. The molecule has 0 radical (unpaired) electrons. The van der Waals surface area contributed by atoms with Gasteiger partial charge in [-0.3, -0.25) is 0 Å². The molecule has 0 unspecified atom stereocenters. The van der Waals surface area contributed by atoms with Crippen LogP contribution in [-0.4, -0.2) is 29.0 Å². The van der Waals surface area contributed by atoms with Crippen LogP contribution in [0.5, 0.6) is 0 Å². The van der Waals surface area contributed by atoms with Crippen LogP contribution in [0.1, 0.15) is 116 Å². The molecule has 0 aliphatic carbocycles. The zero-order valence-corrected chi connectivity index (χ0v) is 16.4. The second kappa shape index (κ2) is 19.2. The second-order valence-electron chi connectivity index (χ2n) is 7.51. The molecule has 0 bridgehead atoms. The van der Waals surface area contributed by atoms with Crippen molar-refractivity contribution in [1.29, 1.82) is 0 Å². The van der Waals surface area contributed by atoms with Crippen molar-refractivity contribution in [3.8, 4) is 0 Å². The van der Waals surface area contributed by atoms with Crippen LogP contribution in [0.2, 0.25) is 0 Å². The fourth-order valence-electron chi connectivity index (χ4n) is 3.26. The third kappa shape index (κ3) is 16.7. The van der Waals surface area contributed by atoms with Crippen LogP contribution in [0.4, 0.5) is 0 Å². The molecule has 0 aliphatic heterocycles. The van der Waals surface area contributed by atoms with Gasteiger partial charge in [0.1, 0.15) is 0 Å². The lowest BCUT2D eigenvalue weighted by molar-refractivity contribution is 0.0711. The molecule has 0 spiro atoms. The Kier molecular flexibility index (Phi) is 19.1. The highest BCUT2D eigenvalue weighted by Crippen LogP contribution is 2.14. The summed E-state index contributed by atoms with van der Waals surface area (Å²) in [5.74, 6) is 0. The summed E-state index contributed by atoms with van der Waals surface area (Å²) in [6.07, 6.45) is 21.9. The SMILES string of the molecule is CCCCCCCCCCCCCCCCCC[C@@H](N)[C@@H](O)CO. The summed E-state index contributed by atoms with van der Waals surface area (Å²) >= 11 is 0. The van der Waals surface area contributed by atoms with E-state index >= 15 is 0 Å². The van der Waals surface area contributed by atoms with Gasteiger partial charge in [0.15, 0.2) is 0 Å². The molecule has 0 aromatic carbocycles. The fourth-order valence-corrected chi connectivity index (χ4v) is 3.26. The molecule has 0 saturated heterocycles. The van der Waals surface area contributed by atoms with Gasteiger partial charge in [-0.2, -0.15) is 0 Å². The van der Waals surface area contributed by atoms with Crippen molar-refractivity contribution >= 4 is 0 Å². The van der Waals surface area contributed by atoms with Gasteiger partial charge in [-0.25, -0.2) is 0 Å². The number of aliphatic hydroxyl groups is 2. The first-order chi connectivity index (χ1) is 11.7. The molecule has 146 valence electrons. The largest absolute Gasteiger partial charge is 0.394 e. The molecule has 3 nitrogen and oxygen atoms in total. The Morgan fingerprint density at radius 3 is 1.29 bits per heavy atom. The van der Waals surface area contributed by atoms with E-state index in [-0.39, 0.29) is 12.6 Å². The Labute approximate surface area is 151 Å². The van der Waals surface area contributed by atoms with E-state index in [0.29, 0.717) is 0 Å². The summed E-state index contributed by atoms with van der Waals surface area (Å²) in [6.45, 7) is 2.06. The summed E-state index contributed by atoms with van der Waals surface area (Å²) in [7, 11) is 0. The number of nitrogens with two attached hydrogens (primary N) is 1. The van der Waals surface area contributed by atoms with Crippen LogP contribution in [0.3, 0.4) is 0 Å². The summed E-state index contributed by atoms with van der Waals surface area (Å²) < 4.78 is 0. The van der Waals surface area contributed by atoms with Crippen molar-refractivity contribution in [1.82, 2.24) is 0 Å². The van der Waals surface area contributed by atoms with E-state index < -0.39 is 6.10 Å². The molecule has 2 atom stereocenters. The van der Waals surface area contributed by atoms with Gasteiger partial charge in [0.25, 0.3) is 0 Å². The average Bonchev–Trinajstić information content (AvgIpc) is 2.60. The Morgan fingerprint density at radius 1 is 0.625 bits per heavy atom. The van der Waals surface area contributed by atoms with Gasteiger partial charge < -0.3 is 15.9 Å². The first kappa shape index (κ1) is 23.9. The van der Waals surface area contributed by atoms with E-state index in [9.17, 15) is 5.11 Å². The summed E-state index contributed by atoms with van der Waals surface area (Å²) in [5.41, 5.74) is 5.78. The zero-order chi connectivity index (χ0) is 17.9. The van der Waals surface area contributed by atoms with Crippen LogP contribution in [0.15, 0.2) is 0 Å². The fraction of sp³-hybridized carbons (Fsp3) is 1.00. The predicted molar refractivity (Wildman–Crippen MR) is 105 cm³/mol. The van der Waals surface area contributed by atoms with Crippen LogP contribution in [0, 0.1) is 0 Å². The van der Waals surface area contributed by atoms with Crippen molar-refractivity contribution in [2.75, 3.05) is 6.61 Å². The highest BCUT2D eigenvalue weighted by atomic mass is 16.3. The van der Waals surface area contributed by atoms with Crippen molar-refractivity contribution in [3.63, 3.8) is 0 Å². The quantitative estimate of drug-likeness (QED) is 0.278. The van der Waals surface area contributed by atoms with Crippen molar-refractivity contribution in [2.45, 2.75) is 128 Å². The number of unbranched alkanes of at least 4 members (excludes halogenated alkanes) is 15. The normalized spacial score (nSPS) is 14.0. The third-order valence-corrected chi connectivity index (χ3v) is 5.07. The van der Waals surface area contributed by atoms with Crippen molar-refractivity contribution in [2.24, 2.45) is 5.73 Å². The summed E-state index contributed by atoms with van der Waals surface area (Å²) in [6, 6.07) is -0.262. The Morgan fingerprint density at radius 2 is 0.958 bits per heavy atom. The Hall–Kier alpha value is -0.120. The molecular weight excluding hydrogens is 298 g/mol. The van der Waals surface area contributed by atoms with Gasteiger partial charge in [0, 0.05) is 6.04 Å². The van der Waals surface area contributed by atoms with Gasteiger partial charge >= 0.3 is 0 Å². The maximum Gasteiger partial charge on any atom is 0.0921 e. The second-order valence-corrected chi connectivity index (χ2v) is 7.51. The lowest BCUT2D eigenvalue weighted by Crippen LogP contribution is -2.37. The summed E-state index contributed by atoms with van der Waals surface area (Å²) in [4.78, 5) is 0. The monoisotopic (exact) mass is 343 g/mol. The van der Waals surface area contributed by atoms with Crippen molar-refractivity contribution < 1.29 is 10.2 Å². The standard InChI is InChI=1S/C21H45NO2/c1-2-3-4-5-6-7-8-9-10-11-12-13-14-15-16-17-18-20(22)21(24)19-23/h20-21,23-24H,2-19,22H2,1H3/t20-,21+/m1/s1. The predicted octanol–water partition coefficient (Wildman–Crippen LogP) is 5.32. The number of aliphatic hydroxyl groups excluding tert-OH is 2. The van der Waals surface area contributed by atoms with E-state index in [4.69, 9.17) is 10.8 Å². The van der Waals surface area contributed by atoms with E-state index in [1.54, 1.807) is 0 Å². The zero-order valence-electron chi connectivity index (χ0n) is 16.4. The molecule has 0 fully saturated rings. The van der Waals surface area contributed by atoms with Crippen molar-refractivity contribution in [3.05, 3.63) is 0 Å². The highest BCUT2D eigenvalue weighted by molar-refractivity contribution is 4.70. The van der Waals surface area contributed by atoms with E-state index in [0.717, 1.165) is 12.8 Å². The first-order valence-corrected chi connectivity index (χ1v) is 10.8. The molecule has 24 heavy (non-hydrogen) atoms. The van der Waals surface area contributed by atoms with Gasteiger partial charge in [0.05, 0.1) is 12.7 Å². The maximum absolute atomic E-state index is 9.38. The molecule has 3 heteroatoms. The molecular formula is C21H45NO2. The van der Waals surface area contributed by atoms with Gasteiger partial charge in [-0.15, -0.1) is 0 Å². The molecule has 0 rings (SSSR count). The molecule has 0 aromatic heterocycles. The number of rotatable bonds is 19. The lowest BCUT2D eigenvalue weighted by Gasteiger charge is -2.16. The lowest BCUT2D eigenvalue weighted by atomic mass is 10.0. The average molecular weight is 344 g/mol. The molecule has 4 N–H and O–H groups in total. The minimum atomic E-state index is -0.749.